The second-order valence-electron chi connectivity index (χ2n) is 7.42. The molecular weight excluding hydrogens is 262 g/mol. The van der Waals surface area contributed by atoms with E-state index in [2.05, 4.69) is 22.0 Å². The van der Waals surface area contributed by atoms with Crippen LogP contribution in [-0.2, 0) is 0 Å². The van der Waals surface area contributed by atoms with E-state index in [-0.39, 0.29) is 5.54 Å². The van der Waals surface area contributed by atoms with Crippen molar-refractivity contribution in [3.8, 4) is 0 Å². The van der Waals surface area contributed by atoms with Crippen LogP contribution >= 0.6 is 0 Å². The minimum atomic E-state index is -0.00739. The predicted octanol–water partition coefficient (Wildman–Crippen LogP) is 1.44. The zero-order valence-electron chi connectivity index (χ0n) is 13.7. The number of nitrogens with one attached hydrogen (secondary N) is 1. The molecule has 21 heavy (non-hydrogen) atoms. The van der Waals surface area contributed by atoms with Crippen molar-refractivity contribution in [2.45, 2.75) is 69.5 Å². The first-order valence-electron chi connectivity index (χ1n) is 9.10. The Morgan fingerprint density at radius 3 is 2.29 bits per heavy atom. The van der Waals surface area contributed by atoms with Gasteiger partial charge in [0.25, 0.3) is 0 Å². The molecule has 0 aromatic carbocycles. The number of aliphatic hydroxyl groups excluding tert-OH is 1. The zero-order valence-corrected chi connectivity index (χ0v) is 13.7. The van der Waals surface area contributed by atoms with Gasteiger partial charge in [-0.05, 0) is 51.5 Å². The summed E-state index contributed by atoms with van der Waals surface area (Å²) in [5.41, 5.74) is -0.00739. The molecular formula is C17H33N3O. The minimum absolute atomic E-state index is 0.00739. The number of nitrogens with zero attached hydrogens (tertiary/aromatic N) is 2. The highest BCUT2D eigenvalue weighted by Crippen LogP contribution is 2.33. The first-order chi connectivity index (χ1) is 10.3. The van der Waals surface area contributed by atoms with Gasteiger partial charge in [-0.25, -0.2) is 0 Å². The summed E-state index contributed by atoms with van der Waals surface area (Å²) in [7, 11) is 0. The molecule has 3 fully saturated rings. The molecule has 0 amide bonds. The molecule has 2 saturated carbocycles. The van der Waals surface area contributed by atoms with Crippen LogP contribution in [0.2, 0.25) is 0 Å². The summed E-state index contributed by atoms with van der Waals surface area (Å²) >= 11 is 0. The first kappa shape index (κ1) is 15.7. The molecule has 122 valence electrons. The van der Waals surface area contributed by atoms with E-state index in [0.29, 0.717) is 12.6 Å². The summed E-state index contributed by atoms with van der Waals surface area (Å²) in [5.74, 6) is 0. The van der Waals surface area contributed by atoms with Crippen molar-refractivity contribution in [2.24, 2.45) is 0 Å². The lowest BCUT2D eigenvalue weighted by Crippen LogP contribution is -2.58. The van der Waals surface area contributed by atoms with E-state index in [4.69, 9.17) is 0 Å². The van der Waals surface area contributed by atoms with Crippen LogP contribution in [-0.4, -0.2) is 71.9 Å². The largest absolute Gasteiger partial charge is 0.394 e. The van der Waals surface area contributed by atoms with Gasteiger partial charge in [-0.3, -0.25) is 9.80 Å². The van der Waals surface area contributed by atoms with Crippen molar-refractivity contribution in [1.29, 1.82) is 0 Å². The van der Waals surface area contributed by atoms with Crippen LogP contribution in [0.4, 0.5) is 0 Å². The molecule has 0 radical (unpaired) electrons. The van der Waals surface area contributed by atoms with Gasteiger partial charge in [-0.15, -0.1) is 0 Å². The quantitative estimate of drug-likeness (QED) is 0.778. The molecule has 1 heterocycles. The number of hydrogen-bond donors (Lipinski definition) is 2. The van der Waals surface area contributed by atoms with Gasteiger partial charge in [-0.2, -0.15) is 0 Å². The Hall–Kier alpha value is -0.160. The molecule has 0 aromatic heterocycles. The number of hydrogen-bond acceptors (Lipinski definition) is 4. The van der Waals surface area contributed by atoms with Crippen molar-refractivity contribution in [3.05, 3.63) is 0 Å². The summed E-state index contributed by atoms with van der Waals surface area (Å²) in [5, 5.41) is 13.6. The van der Waals surface area contributed by atoms with Crippen LogP contribution in [0.5, 0.6) is 0 Å². The maximum atomic E-state index is 9.92. The van der Waals surface area contributed by atoms with Crippen LogP contribution < -0.4 is 5.32 Å². The van der Waals surface area contributed by atoms with Gasteiger partial charge in [0.15, 0.2) is 0 Å². The highest BCUT2D eigenvalue weighted by atomic mass is 16.3. The van der Waals surface area contributed by atoms with Crippen LogP contribution in [0.15, 0.2) is 0 Å². The third-order valence-corrected chi connectivity index (χ3v) is 5.80. The van der Waals surface area contributed by atoms with Crippen molar-refractivity contribution < 1.29 is 5.11 Å². The second kappa shape index (κ2) is 6.95. The molecule has 0 aromatic rings. The molecule has 4 heteroatoms. The standard InChI is InChI=1S/C17H33N3O/c1-2-8-18-17(14-21)7-3-4-16(13-17)20-11-9-19(10-12-20)15-5-6-15/h15-16,18,21H,2-14H2,1H3. The average Bonchev–Trinajstić information content (AvgIpc) is 3.38. The fourth-order valence-corrected chi connectivity index (χ4v) is 4.30. The molecule has 1 aliphatic heterocycles. The fourth-order valence-electron chi connectivity index (χ4n) is 4.30. The summed E-state index contributed by atoms with van der Waals surface area (Å²) in [4.78, 5) is 5.39. The Balaban J connectivity index is 1.52. The Morgan fingerprint density at radius 2 is 1.71 bits per heavy atom. The second-order valence-corrected chi connectivity index (χ2v) is 7.42. The van der Waals surface area contributed by atoms with E-state index in [0.717, 1.165) is 31.8 Å². The highest BCUT2D eigenvalue weighted by Gasteiger charge is 2.39. The number of piperazine rings is 1. The number of rotatable bonds is 6. The lowest BCUT2D eigenvalue weighted by Gasteiger charge is -2.47. The van der Waals surface area contributed by atoms with Crippen LogP contribution in [0, 0.1) is 0 Å². The molecule has 3 rings (SSSR count). The molecule has 2 unspecified atom stereocenters. The normalized spacial score (nSPS) is 36.0. The Morgan fingerprint density at radius 1 is 1.05 bits per heavy atom. The van der Waals surface area contributed by atoms with Gasteiger partial charge < -0.3 is 10.4 Å². The zero-order chi connectivity index (χ0) is 14.7. The Bertz CT molecular complexity index is 326. The van der Waals surface area contributed by atoms with Crippen LogP contribution in [0.1, 0.15) is 51.9 Å². The molecule has 1 saturated heterocycles. The topological polar surface area (TPSA) is 38.7 Å². The fraction of sp³-hybridized carbons (Fsp3) is 1.00. The molecule has 0 bridgehead atoms. The predicted molar refractivity (Wildman–Crippen MR) is 86.5 cm³/mol. The SMILES string of the molecule is CCCNC1(CO)CCCC(N2CCN(C3CC3)CC2)C1. The van der Waals surface area contributed by atoms with E-state index in [1.54, 1.807) is 0 Å². The van der Waals surface area contributed by atoms with Gasteiger partial charge in [0, 0.05) is 43.8 Å². The summed E-state index contributed by atoms with van der Waals surface area (Å²) in [6, 6.07) is 1.60. The van der Waals surface area contributed by atoms with Crippen LogP contribution in [0.25, 0.3) is 0 Å². The smallest absolute Gasteiger partial charge is 0.0613 e. The van der Waals surface area contributed by atoms with E-state index < -0.39 is 0 Å². The lowest BCUT2D eigenvalue weighted by molar-refractivity contribution is 0.0308. The van der Waals surface area contributed by atoms with Gasteiger partial charge in [0.1, 0.15) is 0 Å². The van der Waals surface area contributed by atoms with Crippen LogP contribution in [0.3, 0.4) is 0 Å². The molecule has 2 aliphatic carbocycles. The summed E-state index contributed by atoms with van der Waals surface area (Å²) < 4.78 is 0. The Kier molecular flexibility index (Phi) is 5.20. The summed E-state index contributed by atoms with van der Waals surface area (Å²) in [6.07, 6.45) is 8.85. The third-order valence-electron chi connectivity index (χ3n) is 5.80. The molecule has 0 spiro atoms. The van der Waals surface area contributed by atoms with E-state index >= 15 is 0 Å². The van der Waals surface area contributed by atoms with E-state index in [1.807, 2.05) is 0 Å². The van der Waals surface area contributed by atoms with Gasteiger partial charge in [0.05, 0.1) is 6.61 Å². The first-order valence-corrected chi connectivity index (χ1v) is 9.10. The summed E-state index contributed by atoms with van der Waals surface area (Å²) in [6.45, 7) is 8.52. The molecule has 3 aliphatic rings. The number of aliphatic hydroxyl groups is 1. The van der Waals surface area contributed by atoms with Crippen molar-refractivity contribution in [2.75, 3.05) is 39.3 Å². The minimum Gasteiger partial charge on any atom is -0.394 e. The maximum absolute atomic E-state index is 9.92. The maximum Gasteiger partial charge on any atom is 0.0613 e. The van der Waals surface area contributed by atoms with Crippen molar-refractivity contribution in [1.82, 2.24) is 15.1 Å². The molecule has 2 N–H and O–H groups in total. The average molecular weight is 295 g/mol. The van der Waals surface area contributed by atoms with E-state index in [9.17, 15) is 5.11 Å². The molecule has 2 atom stereocenters. The molecule has 4 nitrogen and oxygen atoms in total. The lowest BCUT2D eigenvalue weighted by atomic mass is 9.78. The van der Waals surface area contributed by atoms with Gasteiger partial charge >= 0.3 is 0 Å². The van der Waals surface area contributed by atoms with Crippen molar-refractivity contribution in [3.63, 3.8) is 0 Å². The third kappa shape index (κ3) is 3.79. The Labute approximate surface area is 129 Å². The highest BCUT2D eigenvalue weighted by molar-refractivity contribution is 4.98. The van der Waals surface area contributed by atoms with Gasteiger partial charge in [-0.1, -0.05) is 6.92 Å². The monoisotopic (exact) mass is 295 g/mol. The van der Waals surface area contributed by atoms with E-state index in [1.165, 1.54) is 51.9 Å². The van der Waals surface area contributed by atoms with Gasteiger partial charge in [0.2, 0.25) is 0 Å². The van der Waals surface area contributed by atoms with Crippen molar-refractivity contribution >= 4 is 0 Å².